The van der Waals surface area contributed by atoms with Crippen LogP contribution < -0.4 is 4.90 Å². The number of para-hydroxylation sites is 2. The zero-order valence-corrected chi connectivity index (χ0v) is 31.9. The molecule has 1 heterocycles. The molecule has 2 bridgehead atoms. The van der Waals surface area contributed by atoms with E-state index in [2.05, 4.69) is 204 Å². The van der Waals surface area contributed by atoms with Crippen molar-refractivity contribution in [3.63, 3.8) is 0 Å². The van der Waals surface area contributed by atoms with E-state index in [-0.39, 0.29) is 5.41 Å². The molecule has 0 saturated heterocycles. The van der Waals surface area contributed by atoms with Gasteiger partial charge in [-0.3, -0.25) is 0 Å². The molecule has 3 atom stereocenters. The second-order valence-electron chi connectivity index (χ2n) is 16.5. The summed E-state index contributed by atoms with van der Waals surface area (Å²) in [5.41, 5.74) is 18.2. The number of fused-ring (bicyclic) bond motifs is 11. The molecular weight excluding hydrogens is 689 g/mol. The van der Waals surface area contributed by atoms with Crippen LogP contribution in [0.3, 0.4) is 0 Å². The fraction of sp³-hybridized carbons (Fsp3) is 0.127. The molecule has 8 aromatic carbocycles. The lowest BCUT2D eigenvalue weighted by atomic mass is 9.67. The van der Waals surface area contributed by atoms with E-state index >= 15 is 0 Å². The first-order chi connectivity index (χ1) is 28.2. The Bertz CT molecular complexity index is 2960. The maximum atomic E-state index is 2.56. The number of anilines is 3. The van der Waals surface area contributed by atoms with E-state index in [0.29, 0.717) is 0 Å². The highest BCUT2D eigenvalue weighted by Gasteiger charge is 2.56. The molecule has 12 rings (SSSR count). The van der Waals surface area contributed by atoms with Crippen molar-refractivity contribution in [2.75, 3.05) is 4.90 Å². The molecule has 0 radical (unpaired) electrons. The van der Waals surface area contributed by atoms with Gasteiger partial charge < -0.3 is 9.47 Å². The third kappa shape index (κ3) is 4.96. The quantitative estimate of drug-likeness (QED) is 0.165. The van der Waals surface area contributed by atoms with Gasteiger partial charge in [-0.1, -0.05) is 134 Å². The Balaban J connectivity index is 0.973. The predicted octanol–water partition coefficient (Wildman–Crippen LogP) is 14.7. The highest BCUT2D eigenvalue weighted by Crippen LogP contribution is 2.66. The smallest absolute Gasteiger partial charge is 0.0541 e. The van der Waals surface area contributed by atoms with Crippen molar-refractivity contribution in [3.8, 4) is 39.1 Å². The molecule has 272 valence electrons. The standard InChI is InChI=1S/C55H42N2/c1-3-11-38(12-4-1)39-20-26-44(27-21-39)56(46-30-31-48-47-15-7-9-17-51(47)55(52(48)35-46)36-37-19-25-42(55)33-37)45-28-22-40(23-29-45)41-24-32-54-50(34-41)49-16-8-10-18-53(49)57(54)43-13-5-2-6-14-43/h1-18,20-24,26-32,34-35,37,42H,19,25,33,36H2. The molecule has 0 aliphatic heterocycles. The third-order valence-corrected chi connectivity index (χ3v) is 13.7. The Kier molecular flexibility index (Phi) is 7.26. The van der Waals surface area contributed by atoms with Crippen LogP contribution >= 0.6 is 0 Å². The minimum Gasteiger partial charge on any atom is -0.310 e. The van der Waals surface area contributed by atoms with Crippen molar-refractivity contribution >= 4 is 38.9 Å². The summed E-state index contributed by atoms with van der Waals surface area (Å²) in [5, 5.41) is 2.54. The van der Waals surface area contributed by atoms with E-state index in [1.54, 1.807) is 11.1 Å². The number of aromatic nitrogens is 1. The lowest BCUT2D eigenvalue weighted by molar-refractivity contribution is 0.327. The number of nitrogens with zero attached hydrogens (tertiary/aromatic N) is 2. The van der Waals surface area contributed by atoms with Gasteiger partial charge in [-0.15, -0.1) is 0 Å². The van der Waals surface area contributed by atoms with Crippen LogP contribution in [0.25, 0.3) is 60.9 Å². The second-order valence-corrected chi connectivity index (χ2v) is 16.5. The van der Waals surface area contributed by atoms with Crippen LogP contribution in [0.4, 0.5) is 17.1 Å². The number of hydrogen-bond acceptors (Lipinski definition) is 1. The molecule has 3 unspecified atom stereocenters. The van der Waals surface area contributed by atoms with Gasteiger partial charge in [-0.25, -0.2) is 0 Å². The first-order valence-electron chi connectivity index (χ1n) is 20.6. The number of hydrogen-bond donors (Lipinski definition) is 0. The highest BCUT2D eigenvalue weighted by molar-refractivity contribution is 6.10. The van der Waals surface area contributed by atoms with Crippen molar-refractivity contribution in [2.45, 2.75) is 31.1 Å². The van der Waals surface area contributed by atoms with Crippen LogP contribution in [0.2, 0.25) is 0 Å². The average molecular weight is 731 g/mol. The summed E-state index contributed by atoms with van der Waals surface area (Å²) in [6, 6.07) is 72.1. The van der Waals surface area contributed by atoms with Gasteiger partial charge in [0.1, 0.15) is 0 Å². The molecular formula is C55H42N2. The lowest BCUT2D eigenvalue weighted by Crippen LogP contribution is -2.32. The van der Waals surface area contributed by atoms with Gasteiger partial charge in [0.05, 0.1) is 11.0 Å². The van der Waals surface area contributed by atoms with E-state index in [9.17, 15) is 0 Å². The Morgan fingerprint density at radius 1 is 0.439 bits per heavy atom. The predicted molar refractivity (Wildman–Crippen MR) is 238 cm³/mol. The van der Waals surface area contributed by atoms with Crippen LogP contribution in [-0.2, 0) is 5.41 Å². The zero-order valence-electron chi connectivity index (χ0n) is 31.9. The second kappa shape index (κ2) is 12.7. The Labute approximate surface area is 334 Å². The van der Waals surface area contributed by atoms with E-state index in [1.807, 2.05) is 0 Å². The number of rotatable bonds is 6. The molecule has 2 nitrogen and oxygen atoms in total. The molecule has 2 heteroatoms. The van der Waals surface area contributed by atoms with E-state index in [4.69, 9.17) is 0 Å². The van der Waals surface area contributed by atoms with Gasteiger partial charge in [-0.2, -0.15) is 0 Å². The van der Waals surface area contributed by atoms with Crippen LogP contribution in [0.15, 0.2) is 194 Å². The minimum absolute atomic E-state index is 0.125. The molecule has 0 N–H and O–H groups in total. The van der Waals surface area contributed by atoms with Gasteiger partial charge in [-0.05, 0) is 142 Å². The summed E-state index contributed by atoms with van der Waals surface area (Å²) in [7, 11) is 0. The third-order valence-electron chi connectivity index (χ3n) is 13.7. The SMILES string of the molecule is c1ccc(-c2ccc(N(c3ccc(-c4ccc5c(c4)c4ccccc4n5-c4ccccc4)cc3)c3ccc4c(c3)C3(CC5CCC3C5)c3ccccc3-4)cc2)cc1. The van der Waals surface area contributed by atoms with Crippen molar-refractivity contribution in [2.24, 2.45) is 11.8 Å². The molecule has 2 saturated carbocycles. The van der Waals surface area contributed by atoms with E-state index < -0.39 is 0 Å². The van der Waals surface area contributed by atoms with Crippen molar-refractivity contribution in [3.05, 3.63) is 205 Å². The Morgan fingerprint density at radius 3 is 1.77 bits per heavy atom. The summed E-state index contributed by atoms with van der Waals surface area (Å²) < 4.78 is 2.38. The lowest BCUT2D eigenvalue weighted by Gasteiger charge is -2.37. The van der Waals surface area contributed by atoms with Gasteiger partial charge in [0.2, 0.25) is 0 Å². The normalized spacial score (nSPS) is 19.0. The van der Waals surface area contributed by atoms with Crippen LogP contribution in [0, 0.1) is 11.8 Å². The topological polar surface area (TPSA) is 8.17 Å². The Morgan fingerprint density at radius 2 is 1.04 bits per heavy atom. The Hall–Kier alpha value is -6.64. The molecule has 1 aromatic heterocycles. The summed E-state index contributed by atoms with van der Waals surface area (Å²) in [6.45, 7) is 0. The molecule has 3 aliphatic carbocycles. The van der Waals surface area contributed by atoms with Crippen LogP contribution in [-0.4, -0.2) is 4.57 Å². The van der Waals surface area contributed by atoms with Crippen LogP contribution in [0.5, 0.6) is 0 Å². The van der Waals surface area contributed by atoms with Gasteiger partial charge >= 0.3 is 0 Å². The summed E-state index contributed by atoms with van der Waals surface area (Å²) >= 11 is 0. The van der Waals surface area contributed by atoms with Crippen LogP contribution in [0.1, 0.15) is 36.8 Å². The first-order valence-corrected chi connectivity index (χ1v) is 20.6. The van der Waals surface area contributed by atoms with Gasteiger partial charge in [0.25, 0.3) is 0 Å². The monoisotopic (exact) mass is 730 g/mol. The maximum absolute atomic E-state index is 2.56. The summed E-state index contributed by atoms with van der Waals surface area (Å²) in [6.07, 6.45) is 5.37. The number of benzene rings is 8. The zero-order chi connectivity index (χ0) is 37.5. The van der Waals surface area contributed by atoms with Crippen molar-refractivity contribution in [1.82, 2.24) is 4.57 Å². The average Bonchev–Trinajstić information content (AvgIpc) is 4.05. The van der Waals surface area contributed by atoms with E-state index in [1.165, 1.54) is 92.2 Å². The molecule has 1 spiro atoms. The van der Waals surface area contributed by atoms with E-state index in [0.717, 1.165) is 23.2 Å². The maximum Gasteiger partial charge on any atom is 0.0541 e. The first kappa shape index (κ1) is 32.6. The summed E-state index contributed by atoms with van der Waals surface area (Å²) in [5.74, 6) is 1.55. The minimum atomic E-state index is 0.125. The molecule has 57 heavy (non-hydrogen) atoms. The fourth-order valence-corrected chi connectivity index (χ4v) is 11.2. The molecule has 9 aromatic rings. The fourth-order valence-electron chi connectivity index (χ4n) is 11.2. The van der Waals surface area contributed by atoms with Gasteiger partial charge in [0, 0.05) is 38.9 Å². The molecule has 0 amide bonds. The molecule has 3 aliphatic rings. The largest absolute Gasteiger partial charge is 0.310 e. The summed E-state index contributed by atoms with van der Waals surface area (Å²) in [4.78, 5) is 2.47. The van der Waals surface area contributed by atoms with Gasteiger partial charge in [0.15, 0.2) is 0 Å². The van der Waals surface area contributed by atoms with Crippen molar-refractivity contribution in [1.29, 1.82) is 0 Å². The highest BCUT2D eigenvalue weighted by atomic mass is 15.1. The van der Waals surface area contributed by atoms with Crippen molar-refractivity contribution < 1.29 is 0 Å². The molecule has 2 fully saturated rings.